The van der Waals surface area contributed by atoms with Crippen molar-refractivity contribution >= 4 is 29.3 Å². The molecule has 0 saturated carbocycles. The summed E-state index contributed by atoms with van der Waals surface area (Å²) < 4.78 is 11.5. The second kappa shape index (κ2) is 11.5. The third-order valence-corrected chi connectivity index (χ3v) is 7.69. The molecule has 2 fully saturated rings. The molecule has 3 amide bonds. The number of benzene rings is 3. The van der Waals surface area contributed by atoms with E-state index in [2.05, 4.69) is 5.32 Å². The molecular formula is C30H30ClN3O5. The number of halogens is 1. The van der Waals surface area contributed by atoms with E-state index in [1.54, 1.807) is 65.4 Å². The second-order valence-electron chi connectivity index (χ2n) is 9.65. The Hall–Kier alpha value is -3.88. The van der Waals surface area contributed by atoms with Crippen molar-refractivity contribution in [2.75, 3.05) is 26.8 Å². The van der Waals surface area contributed by atoms with Crippen molar-refractivity contribution in [1.82, 2.24) is 15.1 Å². The van der Waals surface area contributed by atoms with Crippen LogP contribution in [0.2, 0.25) is 5.02 Å². The van der Waals surface area contributed by atoms with Crippen LogP contribution in [0, 0.1) is 0 Å². The summed E-state index contributed by atoms with van der Waals surface area (Å²) in [6.45, 7) is 1.12. The maximum Gasteiger partial charge on any atom is 0.256 e. The molecule has 202 valence electrons. The summed E-state index contributed by atoms with van der Waals surface area (Å²) in [5.74, 6) is -0.130. The van der Waals surface area contributed by atoms with E-state index in [0.717, 1.165) is 5.56 Å². The van der Waals surface area contributed by atoms with Crippen LogP contribution < -0.4 is 10.1 Å². The molecule has 1 unspecified atom stereocenters. The highest BCUT2D eigenvalue weighted by atomic mass is 35.5. The molecule has 3 aromatic carbocycles. The Morgan fingerprint density at radius 2 is 1.62 bits per heavy atom. The van der Waals surface area contributed by atoms with E-state index in [4.69, 9.17) is 21.1 Å². The first-order valence-electron chi connectivity index (χ1n) is 12.9. The van der Waals surface area contributed by atoms with Crippen LogP contribution in [0.25, 0.3) is 0 Å². The van der Waals surface area contributed by atoms with Gasteiger partial charge in [0.25, 0.3) is 11.8 Å². The maximum absolute atomic E-state index is 13.9. The smallest absolute Gasteiger partial charge is 0.256 e. The topological polar surface area (TPSA) is 88.2 Å². The third-order valence-electron chi connectivity index (χ3n) is 7.36. The van der Waals surface area contributed by atoms with Crippen LogP contribution in [0.4, 0.5) is 0 Å². The number of hydrogen-bond acceptors (Lipinski definition) is 5. The van der Waals surface area contributed by atoms with Gasteiger partial charge in [-0.1, -0.05) is 54.1 Å². The van der Waals surface area contributed by atoms with Gasteiger partial charge in [-0.25, -0.2) is 0 Å². The molecule has 1 N–H and O–H groups in total. The highest BCUT2D eigenvalue weighted by Crippen LogP contribution is 2.39. The Balaban J connectivity index is 1.37. The Morgan fingerprint density at radius 1 is 0.949 bits per heavy atom. The number of carbonyl (C=O) groups is 3. The van der Waals surface area contributed by atoms with Crippen molar-refractivity contribution < 1.29 is 23.9 Å². The minimum absolute atomic E-state index is 0.0704. The number of amides is 3. The lowest BCUT2D eigenvalue weighted by Crippen LogP contribution is -2.59. The minimum atomic E-state index is -1.01. The van der Waals surface area contributed by atoms with Crippen molar-refractivity contribution in [1.29, 1.82) is 0 Å². The fourth-order valence-corrected chi connectivity index (χ4v) is 5.42. The van der Waals surface area contributed by atoms with Gasteiger partial charge in [0.05, 0.1) is 24.3 Å². The van der Waals surface area contributed by atoms with Gasteiger partial charge in [-0.15, -0.1) is 0 Å². The van der Waals surface area contributed by atoms with E-state index in [-0.39, 0.29) is 24.3 Å². The Morgan fingerprint density at radius 3 is 2.28 bits per heavy atom. The van der Waals surface area contributed by atoms with Crippen LogP contribution in [0.1, 0.15) is 39.1 Å². The Labute approximate surface area is 232 Å². The van der Waals surface area contributed by atoms with Crippen molar-refractivity contribution in [3.8, 4) is 5.75 Å². The predicted molar refractivity (Wildman–Crippen MR) is 147 cm³/mol. The van der Waals surface area contributed by atoms with Gasteiger partial charge >= 0.3 is 0 Å². The molecular weight excluding hydrogens is 518 g/mol. The van der Waals surface area contributed by atoms with Crippen LogP contribution in [0.5, 0.6) is 5.75 Å². The lowest BCUT2D eigenvalue weighted by Gasteiger charge is -2.44. The van der Waals surface area contributed by atoms with Crippen LogP contribution in [0.3, 0.4) is 0 Å². The normalized spacial score (nSPS) is 18.2. The zero-order valence-corrected chi connectivity index (χ0v) is 22.4. The second-order valence-corrected chi connectivity index (χ2v) is 10.1. The van der Waals surface area contributed by atoms with Crippen LogP contribution in [-0.2, 0) is 16.1 Å². The average Bonchev–Trinajstić information content (AvgIpc) is 3.34. The van der Waals surface area contributed by atoms with Gasteiger partial charge in [-0.05, 0) is 42.0 Å². The largest absolute Gasteiger partial charge is 0.497 e. The molecule has 1 atom stereocenters. The summed E-state index contributed by atoms with van der Waals surface area (Å²) in [6.07, 6.45) is 0.737. The zero-order chi connectivity index (χ0) is 27.4. The molecule has 2 heterocycles. The lowest BCUT2D eigenvalue weighted by atomic mass is 9.96. The van der Waals surface area contributed by atoms with Crippen LogP contribution in [0.15, 0.2) is 78.9 Å². The first kappa shape index (κ1) is 26.7. The number of nitrogens with zero attached hydrogens (tertiary/aromatic N) is 2. The van der Waals surface area contributed by atoms with Gasteiger partial charge in [0, 0.05) is 38.0 Å². The number of hydrogen-bond donors (Lipinski definition) is 1. The molecule has 1 spiro atoms. The van der Waals surface area contributed by atoms with Gasteiger partial charge < -0.3 is 19.7 Å². The van der Waals surface area contributed by atoms with Gasteiger partial charge in [0.2, 0.25) is 5.91 Å². The number of carbonyl (C=O) groups excluding carboxylic acids is 3. The number of piperidine rings is 1. The molecule has 5 rings (SSSR count). The van der Waals surface area contributed by atoms with Crippen molar-refractivity contribution in [2.24, 2.45) is 0 Å². The summed E-state index contributed by atoms with van der Waals surface area (Å²) in [5, 5.41) is 3.35. The van der Waals surface area contributed by atoms with Crippen LogP contribution in [-0.4, -0.2) is 66.1 Å². The molecule has 9 heteroatoms. The number of rotatable bonds is 6. The quantitative estimate of drug-likeness (QED) is 0.501. The summed E-state index contributed by atoms with van der Waals surface area (Å²) in [6, 6.07) is 22.5. The number of likely N-dealkylation sites (tertiary alicyclic amines) is 1. The van der Waals surface area contributed by atoms with E-state index < -0.39 is 11.8 Å². The van der Waals surface area contributed by atoms with Crippen LogP contribution >= 0.6 is 11.6 Å². The molecule has 2 aliphatic heterocycles. The third kappa shape index (κ3) is 5.48. The molecule has 8 nitrogen and oxygen atoms in total. The van der Waals surface area contributed by atoms with Crippen molar-refractivity contribution in [2.45, 2.75) is 31.2 Å². The molecule has 39 heavy (non-hydrogen) atoms. The van der Waals surface area contributed by atoms with Gasteiger partial charge in [-0.3, -0.25) is 19.3 Å². The SMILES string of the molecule is COc1ccc(C(=O)N2C(C(=O)NCc3ccccc3)COC23CCN(C(=O)c2ccccc2Cl)CC3)cc1. The molecule has 0 aliphatic carbocycles. The van der Waals surface area contributed by atoms with E-state index in [1.807, 2.05) is 30.3 Å². The fraction of sp³-hybridized carbons (Fsp3) is 0.300. The zero-order valence-electron chi connectivity index (χ0n) is 21.6. The summed E-state index contributed by atoms with van der Waals surface area (Å²) in [4.78, 5) is 43.8. The van der Waals surface area contributed by atoms with Gasteiger partial charge in [-0.2, -0.15) is 0 Å². The fourth-order valence-electron chi connectivity index (χ4n) is 5.21. The Kier molecular flexibility index (Phi) is 7.86. The summed E-state index contributed by atoms with van der Waals surface area (Å²) >= 11 is 6.26. The van der Waals surface area contributed by atoms with E-state index in [1.165, 1.54) is 0 Å². The van der Waals surface area contributed by atoms with Gasteiger partial charge in [0.1, 0.15) is 17.5 Å². The Bertz CT molecular complexity index is 1340. The molecule has 2 aliphatic rings. The number of methoxy groups -OCH3 is 1. The molecule has 3 aromatic rings. The van der Waals surface area contributed by atoms with Crippen molar-refractivity contribution in [3.63, 3.8) is 0 Å². The average molecular weight is 548 g/mol. The minimum Gasteiger partial charge on any atom is -0.497 e. The molecule has 0 radical (unpaired) electrons. The van der Waals surface area contributed by atoms with E-state index in [9.17, 15) is 14.4 Å². The van der Waals surface area contributed by atoms with Gasteiger partial charge in [0.15, 0.2) is 0 Å². The highest BCUT2D eigenvalue weighted by Gasteiger charge is 2.54. The first-order chi connectivity index (χ1) is 18.9. The standard InChI is InChI=1S/C30H30ClN3O5/c1-38-23-13-11-22(12-14-23)28(36)34-26(27(35)32-19-21-7-3-2-4-8-21)20-39-30(34)15-17-33(18-16-30)29(37)24-9-5-6-10-25(24)31/h2-14,26H,15-20H2,1H3,(H,32,35). The molecule has 0 bridgehead atoms. The van der Waals surface area contributed by atoms with Crippen molar-refractivity contribution in [3.05, 3.63) is 101 Å². The molecule has 2 saturated heterocycles. The summed E-state index contributed by atoms with van der Waals surface area (Å²) in [7, 11) is 1.56. The number of nitrogens with one attached hydrogen (secondary N) is 1. The predicted octanol–water partition coefficient (Wildman–Crippen LogP) is 4.14. The van der Waals surface area contributed by atoms with E-state index >= 15 is 0 Å². The molecule has 0 aromatic heterocycles. The lowest BCUT2D eigenvalue weighted by molar-refractivity contribution is -0.128. The first-order valence-corrected chi connectivity index (χ1v) is 13.3. The monoisotopic (exact) mass is 547 g/mol. The van der Waals surface area contributed by atoms with E-state index in [0.29, 0.717) is 54.4 Å². The highest BCUT2D eigenvalue weighted by molar-refractivity contribution is 6.33. The maximum atomic E-state index is 13.9. The number of ether oxygens (including phenoxy) is 2. The summed E-state index contributed by atoms with van der Waals surface area (Å²) in [5.41, 5.74) is 0.810.